The number of thioether (sulfide) groups is 2. The van der Waals surface area contributed by atoms with Crippen LogP contribution in [0.5, 0.6) is 0 Å². The fraction of sp³-hybridized carbons (Fsp3) is 0.600. The fourth-order valence-corrected chi connectivity index (χ4v) is 2.21. The second-order valence-electron chi connectivity index (χ2n) is 1.41. The molecule has 0 amide bonds. The molecule has 1 unspecified atom stereocenters. The van der Waals surface area contributed by atoms with Crippen LogP contribution in [-0.4, -0.2) is 10.3 Å². The minimum absolute atomic E-state index is 0.782. The molecule has 7 heavy (non-hydrogen) atoms. The molecule has 1 aliphatic rings. The Morgan fingerprint density at radius 1 is 1.71 bits per heavy atom. The standard InChI is InChI=1S/C5H8S2/c1-5-6-3-2-4-7-5/h2-3,5H,4H2,1H3. The van der Waals surface area contributed by atoms with Crippen molar-refractivity contribution < 1.29 is 0 Å². The molecule has 0 aromatic rings. The van der Waals surface area contributed by atoms with Crippen molar-refractivity contribution in [3.8, 4) is 0 Å². The van der Waals surface area contributed by atoms with Crippen LogP contribution in [0, 0.1) is 0 Å². The molecule has 1 aliphatic heterocycles. The molecule has 0 radical (unpaired) electrons. The van der Waals surface area contributed by atoms with Crippen molar-refractivity contribution >= 4 is 23.5 Å². The Morgan fingerprint density at radius 2 is 2.57 bits per heavy atom. The van der Waals surface area contributed by atoms with Crippen molar-refractivity contribution in [2.45, 2.75) is 11.5 Å². The first-order chi connectivity index (χ1) is 3.39. The Bertz CT molecular complexity index is 78.1. The third-order valence-electron chi connectivity index (χ3n) is 0.794. The van der Waals surface area contributed by atoms with Crippen LogP contribution in [0.4, 0.5) is 0 Å². The Morgan fingerprint density at radius 3 is 2.86 bits per heavy atom. The van der Waals surface area contributed by atoms with Gasteiger partial charge in [-0.25, -0.2) is 0 Å². The van der Waals surface area contributed by atoms with Gasteiger partial charge in [0.1, 0.15) is 0 Å². The molecule has 0 N–H and O–H groups in total. The lowest BCUT2D eigenvalue weighted by Gasteiger charge is -2.09. The normalized spacial score (nSPS) is 30.7. The summed E-state index contributed by atoms with van der Waals surface area (Å²) in [5.74, 6) is 1.20. The van der Waals surface area contributed by atoms with Crippen molar-refractivity contribution in [1.82, 2.24) is 0 Å². The SMILES string of the molecule is CC1SC=CCS1. The van der Waals surface area contributed by atoms with E-state index < -0.39 is 0 Å². The highest BCUT2D eigenvalue weighted by molar-refractivity contribution is 8.18. The maximum absolute atomic E-state index is 2.23. The topological polar surface area (TPSA) is 0 Å². The molecule has 40 valence electrons. The Balaban J connectivity index is 2.32. The Labute approximate surface area is 52.7 Å². The molecule has 0 aromatic heterocycles. The summed E-state index contributed by atoms with van der Waals surface area (Å²) in [7, 11) is 0. The highest BCUT2D eigenvalue weighted by atomic mass is 32.2. The minimum Gasteiger partial charge on any atom is -0.143 e. The average Bonchev–Trinajstić information content (AvgIpc) is 1.69. The highest BCUT2D eigenvalue weighted by Gasteiger charge is 2.01. The highest BCUT2D eigenvalue weighted by Crippen LogP contribution is 2.27. The van der Waals surface area contributed by atoms with Gasteiger partial charge in [-0.2, -0.15) is 0 Å². The van der Waals surface area contributed by atoms with Crippen LogP contribution in [-0.2, 0) is 0 Å². The largest absolute Gasteiger partial charge is 0.143 e. The van der Waals surface area contributed by atoms with E-state index in [2.05, 4.69) is 18.4 Å². The van der Waals surface area contributed by atoms with Gasteiger partial charge in [0.25, 0.3) is 0 Å². The summed E-state index contributed by atoms with van der Waals surface area (Å²) in [5, 5.41) is 2.18. The number of hydrogen-bond donors (Lipinski definition) is 0. The van der Waals surface area contributed by atoms with Gasteiger partial charge in [-0.1, -0.05) is 6.08 Å². The van der Waals surface area contributed by atoms with Crippen LogP contribution in [0.25, 0.3) is 0 Å². The summed E-state index contributed by atoms with van der Waals surface area (Å²) < 4.78 is 0.782. The van der Waals surface area contributed by atoms with Crippen molar-refractivity contribution in [3.05, 3.63) is 11.5 Å². The zero-order valence-electron chi connectivity index (χ0n) is 4.26. The Hall–Kier alpha value is 0.440. The summed E-state index contributed by atoms with van der Waals surface area (Å²) in [6.07, 6.45) is 2.20. The molecule has 0 saturated carbocycles. The lowest BCUT2D eigenvalue weighted by Crippen LogP contribution is -1.90. The first kappa shape index (κ1) is 5.57. The van der Waals surface area contributed by atoms with E-state index in [9.17, 15) is 0 Å². The predicted molar refractivity (Wildman–Crippen MR) is 38.7 cm³/mol. The summed E-state index contributed by atoms with van der Waals surface area (Å²) in [4.78, 5) is 0. The van der Waals surface area contributed by atoms with Crippen LogP contribution in [0.3, 0.4) is 0 Å². The van der Waals surface area contributed by atoms with E-state index in [0.717, 1.165) is 4.58 Å². The third kappa shape index (κ3) is 1.78. The van der Waals surface area contributed by atoms with Gasteiger partial charge in [-0.3, -0.25) is 0 Å². The van der Waals surface area contributed by atoms with E-state index in [4.69, 9.17) is 0 Å². The summed E-state index contributed by atoms with van der Waals surface area (Å²) in [6.45, 7) is 2.23. The molecule has 1 heterocycles. The van der Waals surface area contributed by atoms with Gasteiger partial charge in [0.05, 0.1) is 4.58 Å². The first-order valence-corrected chi connectivity index (χ1v) is 4.31. The fourth-order valence-electron chi connectivity index (χ4n) is 0.436. The first-order valence-electron chi connectivity index (χ1n) is 2.31. The monoisotopic (exact) mass is 132 g/mol. The van der Waals surface area contributed by atoms with Crippen LogP contribution < -0.4 is 0 Å². The maximum Gasteiger partial charge on any atom is 0.0518 e. The number of rotatable bonds is 0. The molecular weight excluding hydrogens is 124 g/mol. The van der Waals surface area contributed by atoms with Crippen molar-refractivity contribution in [2.75, 3.05) is 5.75 Å². The van der Waals surface area contributed by atoms with Crippen molar-refractivity contribution in [2.24, 2.45) is 0 Å². The minimum atomic E-state index is 0.782. The van der Waals surface area contributed by atoms with E-state index >= 15 is 0 Å². The molecule has 0 bridgehead atoms. The maximum atomic E-state index is 2.23. The molecule has 0 spiro atoms. The molecule has 0 aromatic carbocycles. The van der Waals surface area contributed by atoms with Gasteiger partial charge in [0.15, 0.2) is 0 Å². The molecule has 0 saturated heterocycles. The van der Waals surface area contributed by atoms with E-state index in [0.29, 0.717) is 0 Å². The van der Waals surface area contributed by atoms with E-state index in [-0.39, 0.29) is 0 Å². The van der Waals surface area contributed by atoms with Crippen molar-refractivity contribution in [3.63, 3.8) is 0 Å². The van der Waals surface area contributed by atoms with E-state index in [1.807, 2.05) is 23.5 Å². The molecular formula is C5H8S2. The van der Waals surface area contributed by atoms with Gasteiger partial charge < -0.3 is 0 Å². The second-order valence-corrected chi connectivity index (χ2v) is 4.33. The molecule has 1 atom stereocenters. The quantitative estimate of drug-likeness (QED) is 0.496. The van der Waals surface area contributed by atoms with Gasteiger partial charge >= 0.3 is 0 Å². The van der Waals surface area contributed by atoms with E-state index in [1.54, 1.807) is 0 Å². The van der Waals surface area contributed by atoms with Gasteiger partial charge in [-0.15, -0.1) is 23.5 Å². The average molecular weight is 132 g/mol. The molecule has 0 aliphatic carbocycles. The summed E-state index contributed by atoms with van der Waals surface area (Å²) >= 11 is 3.89. The third-order valence-corrected chi connectivity index (χ3v) is 3.12. The second kappa shape index (κ2) is 2.68. The smallest absolute Gasteiger partial charge is 0.0518 e. The van der Waals surface area contributed by atoms with Gasteiger partial charge in [0, 0.05) is 5.75 Å². The molecule has 0 fully saturated rings. The summed E-state index contributed by atoms with van der Waals surface area (Å²) in [6, 6.07) is 0. The predicted octanol–water partition coefficient (Wildman–Crippen LogP) is 2.33. The zero-order chi connectivity index (χ0) is 5.11. The van der Waals surface area contributed by atoms with Crippen LogP contribution >= 0.6 is 23.5 Å². The lowest BCUT2D eigenvalue weighted by atomic mass is 10.8. The van der Waals surface area contributed by atoms with Crippen LogP contribution in [0.15, 0.2) is 11.5 Å². The zero-order valence-corrected chi connectivity index (χ0v) is 5.89. The van der Waals surface area contributed by atoms with Gasteiger partial charge in [0.2, 0.25) is 0 Å². The lowest BCUT2D eigenvalue weighted by molar-refractivity contribution is 1.41. The molecule has 1 rings (SSSR count). The van der Waals surface area contributed by atoms with Crippen LogP contribution in [0.2, 0.25) is 0 Å². The van der Waals surface area contributed by atoms with Crippen LogP contribution in [0.1, 0.15) is 6.92 Å². The Kier molecular flexibility index (Phi) is 2.13. The van der Waals surface area contributed by atoms with Gasteiger partial charge in [-0.05, 0) is 12.3 Å². The van der Waals surface area contributed by atoms with E-state index in [1.165, 1.54) is 5.75 Å². The summed E-state index contributed by atoms with van der Waals surface area (Å²) in [5.41, 5.74) is 0. The molecule has 2 heteroatoms. The molecule has 0 nitrogen and oxygen atoms in total. The van der Waals surface area contributed by atoms with Crippen molar-refractivity contribution in [1.29, 1.82) is 0 Å². The number of hydrogen-bond acceptors (Lipinski definition) is 2.